The Labute approximate surface area is 156 Å². The number of ether oxygens (including phenoxy) is 1. The number of aromatic nitrogens is 2. The number of H-pyrrole nitrogens is 1. The Hall–Kier alpha value is -3.29. The van der Waals surface area contributed by atoms with Crippen molar-refractivity contribution in [2.45, 2.75) is 26.4 Å². The van der Waals surface area contributed by atoms with E-state index in [1.807, 2.05) is 6.07 Å². The highest BCUT2D eigenvalue weighted by molar-refractivity contribution is 5.95. The van der Waals surface area contributed by atoms with Gasteiger partial charge in [0.05, 0.1) is 17.3 Å². The minimum atomic E-state index is -0.612. The van der Waals surface area contributed by atoms with Crippen molar-refractivity contribution in [1.29, 1.82) is 0 Å². The number of furan rings is 1. The maximum Gasteiger partial charge on any atom is 0.410 e. The van der Waals surface area contributed by atoms with Crippen LogP contribution >= 0.6 is 0 Å². The summed E-state index contributed by atoms with van der Waals surface area (Å²) >= 11 is 0. The number of benzene rings is 1. The van der Waals surface area contributed by atoms with Crippen molar-refractivity contribution in [1.82, 2.24) is 14.9 Å². The Morgan fingerprint density at radius 3 is 2.74 bits per heavy atom. The predicted molar refractivity (Wildman–Crippen MR) is 101 cm³/mol. The first kappa shape index (κ1) is 18.5. The molecule has 0 aliphatic rings. The van der Waals surface area contributed by atoms with Crippen molar-refractivity contribution < 1.29 is 18.7 Å². The lowest BCUT2D eigenvalue weighted by Crippen LogP contribution is -2.38. The van der Waals surface area contributed by atoms with Crippen LogP contribution in [0.3, 0.4) is 0 Å². The predicted octanol–water partition coefficient (Wildman–Crippen LogP) is 3.63. The summed E-state index contributed by atoms with van der Waals surface area (Å²) in [6.07, 6.45) is 1.03. The second-order valence-corrected chi connectivity index (χ2v) is 7.18. The van der Waals surface area contributed by atoms with Crippen LogP contribution < -0.4 is 5.32 Å². The number of fused-ring (bicyclic) bond motifs is 1. The zero-order valence-corrected chi connectivity index (χ0v) is 15.7. The third kappa shape index (κ3) is 4.66. The zero-order valence-electron chi connectivity index (χ0n) is 15.7. The van der Waals surface area contributed by atoms with Gasteiger partial charge in [0.25, 0.3) is 0 Å². The van der Waals surface area contributed by atoms with Crippen LogP contribution in [0.4, 0.5) is 10.5 Å². The van der Waals surface area contributed by atoms with Crippen LogP contribution in [0.1, 0.15) is 20.8 Å². The van der Waals surface area contributed by atoms with Gasteiger partial charge in [-0.3, -0.25) is 4.79 Å². The van der Waals surface area contributed by atoms with E-state index < -0.39 is 11.7 Å². The molecule has 0 saturated carbocycles. The number of likely N-dealkylation sites (N-methyl/N-ethyl adjacent to an activating group) is 1. The lowest BCUT2D eigenvalue weighted by Gasteiger charge is -2.24. The Balaban J connectivity index is 1.65. The van der Waals surface area contributed by atoms with Crippen LogP contribution in [0.15, 0.2) is 41.0 Å². The molecule has 8 nitrogen and oxygen atoms in total. The molecule has 0 atom stereocenters. The van der Waals surface area contributed by atoms with Crippen molar-refractivity contribution in [2.24, 2.45) is 0 Å². The number of rotatable bonds is 4. The summed E-state index contributed by atoms with van der Waals surface area (Å²) in [6.45, 7) is 5.20. The molecule has 27 heavy (non-hydrogen) atoms. The molecule has 0 aliphatic heterocycles. The molecule has 0 spiro atoms. The number of imidazole rings is 1. The van der Waals surface area contributed by atoms with E-state index in [1.54, 1.807) is 51.3 Å². The normalized spacial score (nSPS) is 11.4. The third-order valence-electron chi connectivity index (χ3n) is 3.61. The van der Waals surface area contributed by atoms with E-state index in [4.69, 9.17) is 9.15 Å². The Kier molecular flexibility index (Phi) is 4.89. The van der Waals surface area contributed by atoms with Crippen LogP contribution in [0.2, 0.25) is 0 Å². The smallest absolute Gasteiger partial charge is 0.410 e. The number of nitrogens with one attached hydrogen (secondary N) is 2. The fourth-order valence-electron chi connectivity index (χ4n) is 2.44. The summed E-state index contributed by atoms with van der Waals surface area (Å²) in [6, 6.07) is 8.92. The Morgan fingerprint density at radius 2 is 2.07 bits per heavy atom. The van der Waals surface area contributed by atoms with Gasteiger partial charge < -0.3 is 24.4 Å². The average molecular weight is 370 g/mol. The van der Waals surface area contributed by atoms with E-state index >= 15 is 0 Å². The molecule has 3 aromatic rings. The van der Waals surface area contributed by atoms with Crippen molar-refractivity contribution in [3.63, 3.8) is 0 Å². The van der Waals surface area contributed by atoms with Gasteiger partial charge in [-0.1, -0.05) is 0 Å². The number of aromatic amines is 1. The van der Waals surface area contributed by atoms with Crippen LogP contribution in [-0.2, 0) is 9.53 Å². The van der Waals surface area contributed by atoms with E-state index in [2.05, 4.69) is 15.3 Å². The van der Waals surface area contributed by atoms with Crippen LogP contribution in [0.5, 0.6) is 0 Å². The molecule has 8 heteroatoms. The highest BCUT2D eigenvalue weighted by Gasteiger charge is 2.21. The highest BCUT2D eigenvalue weighted by atomic mass is 16.6. The molecule has 1 aromatic carbocycles. The fraction of sp³-hybridized carbons (Fsp3) is 0.316. The fourth-order valence-corrected chi connectivity index (χ4v) is 2.44. The number of hydrogen-bond donors (Lipinski definition) is 2. The van der Waals surface area contributed by atoms with Gasteiger partial charge in [0, 0.05) is 12.7 Å². The number of carbonyl (C=O) groups excluding carboxylic acids is 2. The summed E-state index contributed by atoms with van der Waals surface area (Å²) < 4.78 is 10.6. The lowest BCUT2D eigenvalue weighted by molar-refractivity contribution is -0.117. The third-order valence-corrected chi connectivity index (χ3v) is 3.61. The second-order valence-electron chi connectivity index (χ2n) is 7.18. The summed E-state index contributed by atoms with van der Waals surface area (Å²) in [4.78, 5) is 33.0. The molecule has 2 N–H and O–H groups in total. The number of amides is 2. The molecule has 0 radical (unpaired) electrons. The van der Waals surface area contributed by atoms with Crippen LogP contribution in [0, 0.1) is 0 Å². The summed E-state index contributed by atoms with van der Waals surface area (Å²) in [5.41, 5.74) is 1.50. The van der Waals surface area contributed by atoms with Crippen molar-refractivity contribution in [3.8, 4) is 11.6 Å². The van der Waals surface area contributed by atoms with Crippen molar-refractivity contribution in [3.05, 3.63) is 36.6 Å². The molecule has 0 aliphatic carbocycles. The largest absolute Gasteiger partial charge is 0.461 e. The molecule has 0 fully saturated rings. The first-order valence-corrected chi connectivity index (χ1v) is 8.49. The molecule has 0 saturated heterocycles. The summed E-state index contributed by atoms with van der Waals surface area (Å²) in [5, 5.41) is 2.77. The Morgan fingerprint density at radius 1 is 1.30 bits per heavy atom. The lowest BCUT2D eigenvalue weighted by atomic mass is 10.2. The van der Waals surface area contributed by atoms with Gasteiger partial charge >= 0.3 is 6.09 Å². The molecular formula is C19H22N4O4. The molecular weight excluding hydrogens is 348 g/mol. The highest BCUT2D eigenvalue weighted by Crippen LogP contribution is 2.23. The van der Waals surface area contributed by atoms with E-state index in [-0.39, 0.29) is 12.5 Å². The van der Waals surface area contributed by atoms with E-state index in [9.17, 15) is 9.59 Å². The van der Waals surface area contributed by atoms with Gasteiger partial charge in [-0.05, 0) is 51.1 Å². The average Bonchev–Trinajstić information content (AvgIpc) is 3.21. The van der Waals surface area contributed by atoms with Crippen molar-refractivity contribution >= 4 is 28.7 Å². The SMILES string of the molecule is CN(CC(=O)Nc1ccc2nc(-c3ccco3)[nH]c2c1)C(=O)OC(C)(C)C. The van der Waals surface area contributed by atoms with Gasteiger partial charge in [-0.15, -0.1) is 0 Å². The summed E-state index contributed by atoms with van der Waals surface area (Å²) in [5.74, 6) is 0.924. The molecule has 2 aromatic heterocycles. The summed E-state index contributed by atoms with van der Waals surface area (Å²) in [7, 11) is 1.52. The van der Waals surface area contributed by atoms with Gasteiger partial charge in [0.15, 0.2) is 11.6 Å². The van der Waals surface area contributed by atoms with Gasteiger partial charge in [0.1, 0.15) is 12.1 Å². The van der Waals surface area contributed by atoms with E-state index in [0.29, 0.717) is 17.3 Å². The van der Waals surface area contributed by atoms with Crippen LogP contribution in [0.25, 0.3) is 22.6 Å². The maximum atomic E-state index is 12.2. The number of nitrogens with zero attached hydrogens (tertiary/aromatic N) is 2. The monoisotopic (exact) mass is 370 g/mol. The minimum Gasteiger partial charge on any atom is -0.461 e. The molecule has 3 rings (SSSR count). The standard InChI is InChI=1S/C19H22N4O4/c1-19(2,3)27-18(25)23(4)11-16(24)20-12-7-8-13-14(10-12)22-17(21-13)15-6-5-9-26-15/h5-10H,11H2,1-4H3,(H,20,24)(H,21,22). The molecule has 142 valence electrons. The quantitative estimate of drug-likeness (QED) is 0.730. The maximum absolute atomic E-state index is 12.2. The molecule has 2 heterocycles. The van der Waals surface area contributed by atoms with E-state index in [1.165, 1.54) is 11.9 Å². The minimum absolute atomic E-state index is 0.117. The number of hydrogen-bond acceptors (Lipinski definition) is 5. The number of carbonyl (C=O) groups is 2. The van der Waals surface area contributed by atoms with Gasteiger partial charge in [-0.2, -0.15) is 0 Å². The van der Waals surface area contributed by atoms with E-state index in [0.717, 1.165) is 11.0 Å². The number of anilines is 1. The van der Waals surface area contributed by atoms with Crippen molar-refractivity contribution in [2.75, 3.05) is 18.9 Å². The Bertz CT molecular complexity index is 954. The second kappa shape index (κ2) is 7.14. The topological polar surface area (TPSA) is 100 Å². The van der Waals surface area contributed by atoms with Gasteiger partial charge in [0.2, 0.25) is 5.91 Å². The first-order valence-electron chi connectivity index (χ1n) is 8.49. The van der Waals surface area contributed by atoms with Crippen LogP contribution in [-0.4, -0.2) is 46.1 Å². The molecule has 2 amide bonds. The molecule has 0 bridgehead atoms. The zero-order chi connectivity index (χ0) is 19.6. The van der Waals surface area contributed by atoms with Gasteiger partial charge in [-0.25, -0.2) is 9.78 Å². The molecule has 0 unspecified atom stereocenters. The first-order chi connectivity index (χ1) is 12.7.